The van der Waals surface area contributed by atoms with E-state index in [2.05, 4.69) is 15.6 Å². The van der Waals surface area contributed by atoms with Gasteiger partial charge in [0.25, 0.3) is 12.3 Å². The molecule has 1 aromatic carbocycles. The SMILES string of the molecule is Cc1ncsc1-c1ccc(CNC(=O)[C@@H]2C[C@@H](O)CN2C(=O)[C@H](NC(=O)c2ccc(C(F)F)o2)C(C)(C)C)cc1. The summed E-state index contributed by atoms with van der Waals surface area (Å²) in [6.07, 6.45) is -3.76. The fourth-order valence-electron chi connectivity index (χ4n) is 4.57. The molecule has 0 bridgehead atoms. The van der Waals surface area contributed by atoms with Gasteiger partial charge in [0, 0.05) is 19.5 Å². The smallest absolute Gasteiger partial charge is 0.295 e. The Kier molecular flexibility index (Phi) is 8.69. The maximum atomic E-state index is 13.6. The third-order valence-corrected chi connectivity index (χ3v) is 7.72. The Labute approximate surface area is 234 Å². The molecule has 12 heteroatoms. The molecule has 3 N–H and O–H groups in total. The number of nitrogens with zero attached hydrogens (tertiary/aromatic N) is 2. The monoisotopic (exact) mass is 574 g/mol. The van der Waals surface area contributed by atoms with Crippen molar-refractivity contribution in [2.45, 2.75) is 65.3 Å². The van der Waals surface area contributed by atoms with Crippen molar-refractivity contribution in [3.8, 4) is 10.4 Å². The van der Waals surface area contributed by atoms with Gasteiger partial charge in [-0.25, -0.2) is 13.8 Å². The minimum absolute atomic E-state index is 0.0436. The number of halogens is 2. The van der Waals surface area contributed by atoms with Crippen molar-refractivity contribution >= 4 is 29.1 Å². The van der Waals surface area contributed by atoms with Crippen LogP contribution in [-0.4, -0.2) is 57.4 Å². The van der Waals surface area contributed by atoms with E-state index in [0.717, 1.165) is 33.8 Å². The molecule has 0 unspecified atom stereocenters. The maximum absolute atomic E-state index is 13.6. The number of furan rings is 1. The van der Waals surface area contributed by atoms with Crippen LogP contribution in [0.4, 0.5) is 8.78 Å². The largest absolute Gasteiger partial charge is 0.450 e. The van der Waals surface area contributed by atoms with Crippen molar-refractivity contribution in [2.75, 3.05) is 6.54 Å². The van der Waals surface area contributed by atoms with E-state index < -0.39 is 53.5 Å². The van der Waals surface area contributed by atoms with Crippen LogP contribution in [0.3, 0.4) is 0 Å². The van der Waals surface area contributed by atoms with Crippen LogP contribution in [0.1, 0.15) is 61.2 Å². The molecule has 1 saturated heterocycles. The summed E-state index contributed by atoms with van der Waals surface area (Å²) >= 11 is 1.55. The molecule has 0 saturated carbocycles. The molecule has 3 amide bonds. The average molecular weight is 575 g/mol. The summed E-state index contributed by atoms with van der Waals surface area (Å²) in [7, 11) is 0. The molecule has 0 aliphatic carbocycles. The lowest BCUT2D eigenvalue weighted by molar-refractivity contribution is -0.142. The molecule has 1 aliphatic heterocycles. The van der Waals surface area contributed by atoms with Gasteiger partial charge in [0.15, 0.2) is 11.5 Å². The van der Waals surface area contributed by atoms with Crippen molar-refractivity contribution in [1.82, 2.24) is 20.5 Å². The second-order valence-corrected chi connectivity index (χ2v) is 11.7. The Morgan fingerprint density at radius 1 is 1.18 bits per heavy atom. The van der Waals surface area contributed by atoms with E-state index in [1.807, 2.05) is 31.2 Å². The zero-order chi connectivity index (χ0) is 29.2. The van der Waals surface area contributed by atoms with Crippen LogP contribution in [-0.2, 0) is 16.1 Å². The number of β-amino-alcohol motifs (C(OH)–C–C–N with tert-alkyl or cyclic N) is 1. The van der Waals surface area contributed by atoms with Crippen LogP contribution in [0.2, 0.25) is 0 Å². The van der Waals surface area contributed by atoms with Gasteiger partial charge in [-0.05, 0) is 35.6 Å². The van der Waals surface area contributed by atoms with Gasteiger partial charge in [0.1, 0.15) is 12.1 Å². The Hall–Kier alpha value is -3.64. The summed E-state index contributed by atoms with van der Waals surface area (Å²) in [5, 5.41) is 15.8. The number of benzene rings is 1. The third-order valence-electron chi connectivity index (χ3n) is 6.75. The molecule has 2 aromatic heterocycles. The number of hydrogen-bond donors (Lipinski definition) is 3. The van der Waals surface area contributed by atoms with Crippen molar-refractivity contribution in [3.05, 3.63) is 64.7 Å². The van der Waals surface area contributed by atoms with Crippen molar-refractivity contribution in [1.29, 1.82) is 0 Å². The van der Waals surface area contributed by atoms with Gasteiger partial charge in [-0.2, -0.15) is 0 Å². The number of aromatic nitrogens is 1. The summed E-state index contributed by atoms with van der Waals surface area (Å²) in [6.45, 7) is 7.25. The predicted octanol–water partition coefficient (Wildman–Crippen LogP) is 4.07. The van der Waals surface area contributed by atoms with Gasteiger partial charge in [-0.15, -0.1) is 11.3 Å². The van der Waals surface area contributed by atoms with E-state index in [9.17, 15) is 28.3 Å². The number of carbonyl (C=O) groups is 3. The van der Waals surface area contributed by atoms with E-state index >= 15 is 0 Å². The van der Waals surface area contributed by atoms with Crippen LogP contribution in [0.25, 0.3) is 10.4 Å². The molecule has 40 heavy (non-hydrogen) atoms. The summed E-state index contributed by atoms with van der Waals surface area (Å²) in [5.74, 6) is -2.85. The number of amides is 3. The Balaban J connectivity index is 1.43. The predicted molar refractivity (Wildman–Crippen MR) is 145 cm³/mol. The van der Waals surface area contributed by atoms with Crippen molar-refractivity contribution < 1.29 is 32.7 Å². The number of carbonyl (C=O) groups excluding carboxylic acids is 3. The quantitative estimate of drug-likeness (QED) is 0.373. The summed E-state index contributed by atoms with van der Waals surface area (Å²) in [6, 6.07) is 7.76. The van der Waals surface area contributed by atoms with Gasteiger partial charge >= 0.3 is 0 Å². The van der Waals surface area contributed by atoms with Crippen LogP contribution in [0.15, 0.2) is 46.3 Å². The zero-order valence-corrected chi connectivity index (χ0v) is 23.4. The highest BCUT2D eigenvalue weighted by molar-refractivity contribution is 7.13. The molecule has 4 rings (SSSR count). The molecule has 3 atom stereocenters. The first-order valence-corrected chi connectivity index (χ1v) is 13.7. The lowest BCUT2D eigenvalue weighted by atomic mass is 9.85. The van der Waals surface area contributed by atoms with E-state index in [-0.39, 0.29) is 25.3 Å². The standard InChI is InChI=1S/C28H32F2N4O5S/c1-15-22(40-14-32-15)17-7-5-16(6-8-17)12-31-25(36)19-11-18(35)13-34(19)27(38)23(28(2,3)4)33-26(37)21-10-9-20(39-21)24(29)30/h5-10,14,18-19,23-24,35H,11-13H2,1-4H3,(H,31,36)(H,33,37)/t18-,19+,23+/m1/s1. The lowest BCUT2D eigenvalue weighted by Gasteiger charge is -2.35. The summed E-state index contributed by atoms with van der Waals surface area (Å²) in [5.41, 5.74) is 3.82. The maximum Gasteiger partial charge on any atom is 0.295 e. The molecular formula is C28H32F2N4O5S. The molecule has 1 fully saturated rings. The Bertz CT molecular complexity index is 1370. The van der Waals surface area contributed by atoms with Crippen molar-refractivity contribution in [2.24, 2.45) is 5.41 Å². The number of aliphatic hydroxyl groups excluding tert-OH is 1. The van der Waals surface area contributed by atoms with Crippen molar-refractivity contribution in [3.63, 3.8) is 0 Å². The lowest BCUT2D eigenvalue weighted by Crippen LogP contribution is -2.57. The van der Waals surface area contributed by atoms with E-state index in [4.69, 9.17) is 4.42 Å². The van der Waals surface area contributed by atoms with Gasteiger partial charge < -0.3 is 25.1 Å². The Morgan fingerprint density at radius 3 is 2.45 bits per heavy atom. The topological polar surface area (TPSA) is 125 Å². The number of aryl methyl sites for hydroxylation is 1. The minimum atomic E-state index is -2.88. The van der Waals surface area contributed by atoms with Gasteiger partial charge in [-0.1, -0.05) is 45.0 Å². The molecule has 3 aromatic rings. The fourth-order valence-corrected chi connectivity index (χ4v) is 5.39. The van der Waals surface area contributed by atoms with E-state index in [0.29, 0.717) is 0 Å². The highest BCUT2D eigenvalue weighted by atomic mass is 32.1. The number of rotatable bonds is 8. The molecule has 214 valence electrons. The molecule has 3 heterocycles. The highest BCUT2D eigenvalue weighted by Crippen LogP contribution is 2.29. The fraction of sp³-hybridized carbons (Fsp3) is 0.429. The first-order valence-electron chi connectivity index (χ1n) is 12.8. The van der Waals surface area contributed by atoms with Gasteiger partial charge in [-0.3, -0.25) is 14.4 Å². The number of alkyl halides is 2. The zero-order valence-electron chi connectivity index (χ0n) is 22.6. The number of thiazole rings is 1. The molecule has 9 nitrogen and oxygen atoms in total. The molecule has 0 spiro atoms. The minimum Gasteiger partial charge on any atom is -0.450 e. The number of hydrogen-bond acceptors (Lipinski definition) is 7. The second kappa shape index (κ2) is 11.8. The van der Waals surface area contributed by atoms with Crippen LogP contribution in [0, 0.1) is 12.3 Å². The number of nitrogens with one attached hydrogen (secondary N) is 2. The molecular weight excluding hydrogens is 542 g/mol. The first kappa shape index (κ1) is 29.3. The second-order valence-electron chi connectivity index (χ2n) is 10.9. The number of aliphatic hydroxyl groups is 1. The molecule has 0 radical (unpaired) electrons. The molecule has 1 aliphatic rings. The highest BCUT2D eigenvalue weighted by Gasteiger charge is 2.44. The van der Waals surface area contributed by atoms with E-state index in [1.54, 1.807) is 37.6 Å². The summed E-state index contributed by atoms with van der Waals surface area (Å²) in [4.78, 5) is 46.2. The van der Waals surface area contributed by atoms with E-state index in [1.165, 1.54) is 4.90 Å². The average Bonchev–Trinajstić information content (AvgIpc) is 3.65. The van der Waals surface area contributed by atoms with Crippen LogP contribution >= 0.6 is 11.3 Å². The van der Waals surface area contributed by atoms with Gasteiger partial charge in [0.05, 0.1) is 22.2 Å². The number of likely N-dealkylation sites (tertiary alicyclic amines) is 1. The first-order chi connectivity index (χ1) is 18.8. The third kappa shape index (κ3) is 6.56. The van der Waals surface area contributed by atoms with Gasteiger partial charge in [0.2, 0.25) is 11.8 Å². The Morgan fingerprint density at radius 2 is 1.88 bits per heavy atom. The van der Waals surface area contributed by atoms with Crippen LogP contribution < -0.4 is 10.6 Å². The summed E-state index contributed by atoms with van der Waals surface area (Å²) < 4.78 is 30.7. The normalized spacial score (nSPS) is 18.1. The van der Waals surface area contributed by atoms with Crippen LogP contribution in [0.5, 0.6) is 0 Å².